The van der Waals surface area contributed by atoms with Crippen molar-refractivity contribution in [1.82, 2.24) is 4.90 Å². The topological polar surface area (TPSA) is 75.8 Å². The highest BCUT2D eigenvalue weighted by Gasteiger charge is 2.25. The first-order valence-electron chi connectivity index (χ1n) is 6.04. The van der Waals surface area contributed by atoms with Gasteiger partial charge < -0.3 is 20.5 Å². The molecule has 5 heteroatoms. The maximum Gasteiger partial charge on any atom is 0.335 e. The minimum absolute atomic E-state index is 0.176. The van der Waals surface area contributed by atoms with Crippen LogP contribution in [0.4, 0.5) is 5.69 Å². The van der Waals surface area contributed by atoms with Gasteiger partial charge in [0.2, 0.25) is 0 Å². The van der Waals surface area contributed by atoms with Crippen LogP contribution in [-0.2, 0) is 0 Å². The van der Waals surface area contributed by atoms with Gasteiger partial charge in [-0.25, -0.2) is 4.79 Å². The lowest BCUT2D eigenvalue weighted by atomic mass is 10.2. The molecule has 0 atom stereocenters. The molecule has 0 amide bonds. The second-order valence-corrected chi connectivity index (χ2v) is 4.62. The van der Waals surface area contributed by atoms with E-state index in [9.17, 15) is 4.79 Å². The summed E-state index contributed by atoms with van der Waals surface area (Å²) in [6, 6.07) is 5.23. The van der Waals surface area contributed by atoms with Gasteiger partial charge in [-0.1, -0.05) is 0 Å². The number of benzene rings is 1. The zero-order valence-corrected chi connectivity index (χ0v) is 10.4. The van der Waals surface area contributed by atoms with Gasteiger partial charge in [0.15, 0.2) is 0 Å². The van der Waals surface area contributed by atoms with Gasteiger partial charge in [-0.3, -0.25) is 0 Å². The number of nitrogens with two attached hydrogens (primary N) is 1. The molecule has 0 aliphatic heterocycles. The van der Waals surface area contributed by atoms with Gasteiger partial charge in [-0.05, 0) is 38.1 Å². The summed E-state index contributed by atoms with van der Waals surface area (Å²) < 4.78 is 5.56. The van der Waals surface area contributed by atoms with Gasteiger partial charge in [-0.2, -0.15) is 0 Å². The van der Waals surface area contributed by atoms with Crippen molar-refractivity contribution in [2.24, 2.45) is 0 Å². The van der Waals surface area contributed by atoms with Crippen LogP contribution in [0.5, 0.6) is 5.75 Å². The van der Waals surface area contributed by atoms with Gasteiger partial charge in [0, 0.05) is 12.6 Å². The molecule has 0 aromatic heterocycles. The predicted molar refractivity (Wildman–Crippen MR) is 69.0 cm³/mol. The molecule has 1 saturated carbocycles. The van der Waals surface area contributed by atoms with Crippen LogP contribution in [0.1, 0.15) is 23.2 Å². The summed E-state index contributed by atoms with van der Waals surface area (Å²) in [6.07, 6.45) is 2.54. The standard InChI is InChI=1S/C13H18N2O3/c1-15(10-3-4-10)6-7-18-12-5-2-9(13(16)17)8-11(12)14/h2,5,8,10H,3-4,6-7,14H2,1H3,(H,16,17). The Labute approximate surface area is 106 Å². The molecule has 1 fully saturated rings. The number of nitrogens with zero attached hydrogens (tertiary/aromatic N) is 1. The van der Waals surface area contributed by atoms with Gasteiger partial charge in [0.25, 0.3) is 0 Å². The molecule has 2 rings (SSSR count). The Kier molecular flexibility index (Phi) is 3.72. The fourth-order valence-corrected chi connectivity index (χ4v) is 1.81. The second-order valence-electron chi connectivity index (χ2n) is 4.62. The predicted octanol–water partition coefficient (Wildman–Crippen LogP) is 1.44. The zero-order chi connectivity index (χ0) is 13.1. The highest BCUT2D eigenvalue weighted by atomic mass is 16.5. The molecule has 0 radical (unpaired) electrons. The SMILES string of the molecule is CN(CCOc1ccc(C(=O)O)cc1N)C1CC1. The number of carboxylic acids is 1. The van der Waals surface area contributed by atoms with Crippen molar-refractivity contribution in [3.05, 3.63) is 23.8 Å². The van der Waals surface area contributed by atoms with E-state index in [1.165, 1.54) is 25.0 Å². The van der Waals surface area contributed by atoms with E-state index in [2.05, 4.69) is 11.9 Å². The molecular formula is C13H18N2O3. The molecule has 98 valence electrons. The minimum Gasteiger partial charge on any atom is -0.490 e. The number of carbonyl (C=O) groups is 1. The summed E-state index contributed by atoms with van der Waals surface area (Å²) in [6.45, 7) is 1.41. The quantitative estimate of drug-likeness (QED) is 0.747. The molecule has 0 heterocycles. The number of hydrogen-bond acceptors (Lipinski definition) is 4. The van der Waals surface area contributed by atoms with Crippen LogP contribution in [-0.4, -0.2) is 42.2 Å². The molecular weight excluding hydrogens is 232 g/mol. The number of carboxylic acid groups (broad SMARTS) is 1. The van der Waals surface area contributed by atoms with Gasteiger partial charge >= 0.3 is 5.97 Å². The molecule has 0 unspecified atom stereocenters. The Hall–Kier alpha value is -1.75. The van der Waals surface area contributed by atoms with Crippen molar-refractivity contribution < 1.29 is 14.6 Å². The highest BCUT2D eigenvalue weighted by Crippen LogP contribution is 2.25. The van der Waals surface area contributed by atoms with Gasteiger partial charge in [0.1, 0.15) is 12.4 Å². The van der Waals surface area contributed by atoms with Crippen molar-refractivity contribution >= 4 is 11.7 Å². The second kappa shape index (κ2) is 5.27. The van der Waals surface area contributed by atoms with Crippen LogP contribution in [0.25, 0.3) is 0 Å². The van der Waals surface area contributed by atoms with Crippen molar-refractivity contribution in [3.63, 3.8) is 0 Å². The zero-order valence-electron chi connectivity index (χ0n) is 10.4. The summed E-state index contributed by atoms with van der Waals surface area (Å²) in [4.78, 5) is 13.0. The lowest BCUT2D eigenvalue weighted by Gasteiger charge is -2.16. The first-order chi connectivity index (χ1) is 8.58. The molecule has 1 aliphatic carbocycles. The van der Waals surface area contributed by atoms with Crippen LogP contribution in [0.15, 0.2) is 18.2 Å². The molecule has 1 aliphatic rings. The lowest BCUT2D eigenvalue weighted by molar-refractivity contribution is 0.0697. The summed E-state index contributed by atoms with van der Waals surface area (Å²) in [5.41, 5.74) is 6.29. The van der Waals surface area contributed by atoms with E-state index >= 15 is 0 Å². The average Bonchev–Trinajstić information content (AvgIpc) is 3.14. The van der Waals surface area contributed by atoms with Crippen molar-refractivity contribution in [2.45, 2.75) is 18.9 Å². The number of hydrogen-bond donors (Lipinski definition) is 2. The van der Waals surface area contributed by atoms with Crippen molar-refractivity contribution in [1.29, 1.82) is 0 Å². The minimum atomic E-state index is -0.985. The maximum absolute atomic E-state index is 10.7. The Morgan fingerprint density at radius 3 is 2.83 bits per heavy atom. The Balaban J connectivity index is 1.86. The third-order valence-corrected chi connectivity index (χ3v) is 3.13. The molecule has 0 saturated heterocycles. The Bertz CT molecular complexity index is 444. The molecule has 1 aromatic carbocycles. The molecule has 3 N–H and O–H groups in total. The fourth-order valence-electron chi connectivity index (χ4n) is 1.81. The summed E-state index contributed by atoms with van der Waals surface area (Å²) in [7, 11) is 2.08. The first-order valence-corrected chi connectivity index (χ1v) is 6.04. The number of aromatic carboxylic acids is 1. The number of anilines is 1. The number of rotatable bonds is 6. The summed E-state index contributed by atoms with van der Waals surface area (Å²) in [5.74, 6) is -0.439. The van der Waals surface area contributed by atoms with Gasteiger partial charge in [-0.15, -0.1) is 0 Å². The lowest BCUT2D eigenvalue weighted by Crippen LogP contribution is -2.26. The molecule has 0 bridgehead atoms. The molecule has 1 aromatic rings. The van der Waals surface area contributed by atoms with Crippen LogP contribution in [0, 0.1) is 0 Å². The largest absolute Gasteiger partial charge is 0.490 e. The first kappa shape index (κ1) is 12.7. The summed E-state index contributed by atoms with van der Waals surface area (Å²) >= 11 is 0. The molecule has 0 spiro atoms. The fraction of sp³-hybridized carbons (Fsp3) is 0.462. The van der Waals surface area contributed by atoms with E-state index < -0.39 is 5.97 Å². The van der Waals surface area contributed by atoms with Crippen molar-refractivity contribution in [2.75, 3.05) is 25.9 Å². The third kappa shape index (κ3) is 3.13. The number of likely N-dealkylation sites (N-methyl/N-ethyl adjacent to an activating group) is 1. The van der Waals surface area contributed by atoms with Crippen LogP contribution >= 0.6 is 0 Å². The van der Waals surface area contributed by atoms with E-state index in [1.54, 1.807) is 6.07 Å². The van der Waals surface area contributed by atoms with Gasteiger partial charge in [0.05, 0.1) is 11.3 Å². The van der Waals surface area contributed by atoms with Crippen molar-refractivity contribution in [3.8, 4) is 5.75 Å². The Morgan fingerprint density at radius 2 is 2.28 bits per heavy atom. The number of ether oxygens (including phenoxy) is 1. The maximum atomic E-state index is 10.7. The van der Waals surface area contributed by atoms with E-state index in [1.807, 2.05) is 0 Å². The van der Waals surface area contributed by atoms with Crippen LogP contribution in [0.3, 0.4) is 0 Å². The average molecular weight is 250 g/mol. The van der Waals surface area contributed by atoms with Crippen LogP contribution in [0.2, 0.25) is 0 Å². The normalized spacial score (nSPS) is 14.8. The number of nitrogen functional groups attached to an aromatic ring is 1. The molecule has 5 nitrogen and oxygen atoms in total. The van der Waals surface area contributed by atoms with Crippen LogP contribution < -0.4 is 10.5 Å². The summed E-state index contributed by atoms with van der Waals surface area (Å²) in [5, 5.41) is 8.81. The van der Waals surface area contributed by atoms with E-state index in [-0.39, 0.29) is 5.56 Å². The van der Waals surface area contributed by atoms with E-state index in [4.69, 9.17) is 15.6 Å². The Morgan fingerprint density at radius 1 is 1.56 bits per heavy atom. The highest BCUT2D eigenvalue weighted by molar-refractivity contribution is 5.89. The van der Waals surface area contributed by atoms with E-state index in [0.717, 1.165) is 6.54 Å². The molecule has 18 heavy (non-hydrogen) atoms. The monoisotopic (exact) mass is 250 g/mol. The third-order valence-electron chi connectivity index (χ3n) is 3.13. The smallest absolute Gasteiger partial charge is 0.335 e. The van der Waals surface area contributed by atoms with E-state index in [0.29, 0.717) is 24.1 Å².